The molecule has 6 nitrogen and oxygen atoms in total. The molecule has 0 unspecified atom stereocenters. The number of nitriles is 2. The zero-order valence-corrected chi connectivity index (χ0v) is 12.8. The van der Waals surface area contributed by atoms with Crippen LogP contribution in [0, 0.1) is 22.7 Å². The quantitative estimate of drug-likeness (QED) is 0.901. The fourth-order valence-electron chi connectivity index (χ4n) is 1.51. The maximum atomic E-state index is 12.2. The van der Waals surface area contributed by atoms with Crippen molar-refractivity contribution in [2.45, 2.75) is 4.90 Å². The topological polar surface area (TPSA) is 107 Å². The van der Waals surface area contributed by atoms with Gasteiger partial charge >= 0.3 is 0 Å². The zero-order valence-electron chi connectivity index (χ0n) is 10.4. The summed E-state index contributed by atoms with van der Waals surface area (Å²) in [6.45, 7) is 0. The molecule has 0 aliphatic rings. The molecule has 0 amide bonds. The number of hydrogen-bond acceptors (Lipinski definition) is 5. The number of anilines is 1. The van der Waals surface area contributed by atoms with E-state index in [2.05, 4.69) is 25.6 Å². The average molecular weight is 363 g/mol. The van der Waals surface area contributed by atoms with Crippen molar-refractivity contribution < 1.29 is 8.42 Å². The first-order valence-electron chi connectivity index (χ1n) is 5.55. The molecule has 0 radical (unpaired) electrons. The average Bonchev–Trinajstić information content (AvgIpc) is 2.49. The summed E-state index contributed by atoms with van der Waals surface area (Å²) >= 11 is 3.21. The Morgan fingerprint density at radius 2 is 1.90 bits per heavy atom. The summed E-state index contributed by atoms with van der Waals surface area (Å²) in [7, 11) is -3.87. The number of halogens is 1. The molecule has 0 aliphatic heterocycles. The summed E-state index contributed by atoms with van der Waals surface area (Å²) in [4.78, 5) is 3.62. The Balaban J connectivity index is 2.38. The van der Waals surface area contributed by atoms with Crippen LogP contribution in [0.3, 0.4) is 0 Å². The molecule has 2 aromatic rings. The second-order valence-electron chi connectivity index (χ2n) is 3.90. The lowest BCUT2D eigenvalue weighted by Gasteiger charge is -2.09. The van der Waals surface area contributed by atoms with Gasteiger partial charge in [0, 0.05) is 10.7 Å². The van der Waals surface area contributed by atoms with Gasteiger partial charge in [-0.25, -0.2) is 13.4 Å². The minimum Gasteiger partial charge on any atom is -0.278 e. The van der Waals surface area contributed by atoms with E-state index in [1.165, 1.54) is 24.3 Å². The van der Waals surface area contributed by atoms with Crippen molar-refractivity contribution in [2.24, 2.45) is 0 Å². The fourth-order valence-corrected chi connectivity index (χ4v) is 2.89. The number of pyridine rings is 1. The third-order valence-corrected chi connectivity index (χ3v) is 4.35. The molecular formula is C13H7BrN4O2S. The predicted molar refractivity (Wildman–Crippen MR) is 78.6 cm³/mol. The Hall–Kier alpha value is -2.42. The van der Waals surface area contributed by atoms with Crippen LogP contribution in [0.1, 0.15) is 11.3 Å². The summed E-state index contributed by atoms with van der Waals surface area (Å²) in [6.07, 6.45) is 1.09. The van der Waals surface area contributed by atoms with E-state index in [0.29, 0.717) is 4.47 Å². The molecule has 104 valence electrons. The molecule has 21 heavy (non-hydrogen) atoms. The Morgan fingerprint density at radius 3 is 2.48 bits per heavy atom. The number of sulfonamides is 1. The zero-order chi connectivity index (χ0) is 15.5. The summed E-state index contributed by atoms with van der Waals surface area (Å²) in [5.74, 6) is 0. The van der Waals surface area contributed by atoms with Crippen molar-refractivity contribution in [3.8, 4) is 12.1 Å². The fraction of sp³-hybridized carbons (Fsp3) is 0. The van der Waals surface area contributed by atoms with Gasteiger partial charge in [-0.15, -0.1) is 0 Å². The molecule has 0 saturated carbocycles. The lowest BCUT2D eigenvalue weighted by Crippen LogP contribution is -2.14. The van der Waals surface area contributed by atoms with Crippen LogP contribution < -0.4 is 4.72 Å². The molecule has 0 spiro atoms. The second kappa shape index (κ2) is 5.92. The lowest BCUT2D eigenvalue weighted by atomic mass is 10.2. The summed E-state index contributed by atoms with van der Waals surface area (Å²) in [5.41, 5.74) is 0.481. The molecule has 8 heteroatoms. The third-order valence-electron chi connectivity index (χ3n) is 2.51. The lowest BCUT2D eigenvalue weighted by molar-refractivity contribution is 0.601. The predicted octanol–water partition coefficient (Wildman–Crippen LogP) is 2.39. The van der Waals surface area contributed by atoms with E-state index < -0.39 is 10.0 Å². The van der Waals surface area contributed by atoms with Crippen LogP contribution in [0.25, 0.3) is 0 Å². The molecule has 0 atom stereocenters. The van der Waals surface area contributed by atoms with Crippen molar-refractivity contribution in [2.75, 3.05) is 4.72 Å². The monoisotopic (exact) mass is 362 g/mol. The molecule has 1 aromatic carbocycles. The van der Waals surface area contributed by atoms with Crippen molar-refractivity contribution in [1.29, 1.82) is 10.5 Å². The van der Waals surface area contributed by atoms with Gasteiger partial charge in [-0.05, 0) is 30.3 Å². The number of hydrogen-bond donors (Lipinski definition) is 1. The molecule has 1 aromatic heterocycles. The molecule has 0 aliphatic carbocycles. The van der Waals surface area contributed by atoms with E-state index in [-0.39, 0.29) is 21.8 Å². The van der Waals surface area contributed by atoms with Gasteiger partial charge in [-0.3, -0.25) is 4.72 Å². The maximum absolute atomic E-state index is 12.2. The highest BCUT2D eigenvalue weighted by Gasteiger charge is 2.16. The summed E-state index contributed by atoms with van der Waals surface area (Å²) < 4.78 is 27.4. The standard InChI is InChI=1S/C13H7BrN4O2S/c14-10-1-4-13(9(5-10)6-15)18-21(19,20)12-3-2-11(7-16)17-8-12/h1-5,8,18H. The number of nitrogens with one attached hydrogen (secondary N) is 1. The van der Waals surface area contributed by atoms with Crippen LogP contribution in [-0.4, -0.2) is 13.4 Å². The van der Waals surface area contributed by atoms with Gasteiger partial charge in [0.15, 0.2) is 0 Å². The van der Waals surface area contributed by atoms with E-state index in [1.54, 1.807) is 12.1 Å². The molecule has 2 rings (SSSR count). The van der Waals surface area contributed by atoms with E-state index in [0.717, 1.165) is 6.20 Å². The smallest absolute Gasteiger partial charge is 0.263 e. The number of nitrogens with zero attached hydrogens (tertiary/aromatic N) is 3. The van der Waals surface area contributed by atoms with Gasteiger partial charge in [0.2, 0.25) is 0 Å². The van der Waals surface area contributed by atoms with Crippen molar-refractivity contribution in [3.05, 3.63) is 52.3 Å². The highest BCUT2D eigenvalue weighted by atomic mass is 79.9. The van der Waals surface area contributed by atoms with E-state index >= 15 is 0 Å². The van der Waals surface area contributed by atoms with Crippen LogP contribution in [0.4, 0.5) is 5.69 Å². The van der Waals surface area contributed by atoms with E-state index in [9.17, 15) is 8.42 Å². The highest BCUT2D eigenvalue weighted by Crippen LogP contribution is 2.23. The van der Waals surface area contributed by atoms with Gasteiger partial charge in [-0.1, -0.05) is 15.9 Å². The van der Waals surface area contributed by atoms with Gasteiger partial charge in [0.1, 0.15) is 22.7 Å². The number of rotatable bonds is 3. The molecule has 0 fully saturated rings. The molecule has 0 saturated heterocycles. The largest absolute Gasteiger partial charge is 0.278 e. The number of benzene rings is 1. The van der Waals surface area contributed by atoms with Crippen LogP contribution >= 0.6 is 15.9 Å². The van der Waals surface area contributed by atoms with Crippen molar-refractivity contribution >= 4 is 31.6 Å². The van der Waals surface area contributed by atoms with Gasteiger partial charge in [0.25, 0.3) is 10.0 Å². The van der Waals surface area contributed by atoms with Crippen LogP contribution in [0.2, 0.25) is 0 Å². The third kappa shape index (κ3) is 3.37. The minimum atomic E-state index is -3.87. The first-order chi connectivity index (χ1) is 9.96. The first kappa shape index (κ1) is 15.0. The van der Waals surface area contributed by atoms with E-state index in [4.69, 9.17) is 10.5 Å². The molecule has 1 N–H and O–H groups in total. The van der Waals surface area contributed by atoms with Crippen molar-refractivity contribution in [1.82, 2.24) is 4.98 Å². The Kier molecular flexibility index (Phi) is 4.22. The summed E-state index contributed by atoms with van der Waals surface area (Å²) in [5, 5.41) is 17.7. The van der Waals surface area contributed by atoms with Gasteiger partial charge < -0.3 is 0 Å². The Labute approximate surface area is 129 Å². The molecular weight excluding hydrogens is 356 g/mol. The SMILES string of the molecule is N#Cc1ccc(S(=O)(=O)Nc2ccc(Br)cc2C#N)cn1. The van der Waals surface area contributed by atoms with Crippen molar-refractivity contribution in [3.63, 3.8) is 0 Å². The first-order valence-corrected chi connectivity index (χ1v) is 7.82. The minimum absolute atomic E-state index is 0.0895. The van der Waals surface area contributed by atoms with Gasteiger partial charge in [-0.2, -0.15) is 10.5 Å². The van der Waals surface area contributed by atoms with Crippen LogP contribution in [-0.2, 0) is 10.0 Å². The Morgan fingerprint density at radius 1 is 1.14 bits per heavy atom. The maximum Gasteiger partial charge on any atom is 0.263 e. The molecule has 1 heterocycles. The van der Waals surface area contributed by atoms with E-state index in [1.807, 2.05) is 6.07 Å². The van der Waals surface area contributed by atoms with Gasteiger partial charge in [0.05, 0.1) is 11.3 Å². The highest BCUT2D eigenvalue weighted by molar-refractivity contribution is 9.10. The summed E-state index contributed by atoms with van der Waals surface area (Å²) in [6, 6.07) is 10.9. The van der Waals surface area contributed by atoms with Crippen LogP contribution in [0.15, 0.2) is 45.9 Å². The molecule has 0 bridgehead atoms. The van der Waals surface area contributed by atoms with Crippen LogP contribution in [0.5, 0.6) is 0 Å². The number of aromatic nitrogens is 1. The Bertz CT molecular complexity index is 865. The second-order valence-corrected chi connectivity index (χ2v) is 6.50. The normalized spacial score (nSPS) is 10.4.